The molecule has 5 N–H and O–H groups in total. The molecule has 5 rings (SSSR count). The number of aliphatic imine (C=N–C) groups is 1. The average Bonchev–Trinajstić information content (AvgIpc) is 3.82. The number of alkyl halides is 1. The van der Waals surface area contributed by atoms with E-state index in [-0.39, 0.29) is 39.2 Å². The first-order valence-corrected chi connectivity index (χ1v) is 15.7. The van der Waals surface area contributed by atoms with Gasteiger partial charge in [0.2, 0.25) is 0 Å². The molecule has 0 spiro atoms. The number of amides is 1. The van der Waals surface area contributed by atoms with Gasteiger partial charge in [0.15, 0.2) is 6.30 Å². The summed E-state index contributed by atoms with van der Waals surface area (Å²) in [5.74, 6) is 0.289. The van der Waals surface area contributed by atoms with Gasteiger partial charge in [-0.3, -0.25) is 9.79 Å². The number of fused-ring (bicyclic) bond motifs is 1. The van der Waals surface area contributed by atoms with Gasteiger partial charge < -0.3 is 26.3 Å². The number of carbonyl (C=O) groups is 1. The SMILES string of the molecule is C#CN.CC.COc1cc(C(=O)NCC(c2cc3c(c(-c4ccc(F)c(Cl)c4Cl)n2)OCC3C)C2CC2)cc(/C=N/C(C)F)c1N. The van der Waals surface area contributed by atoms with Gasteiger partial charge in [-0.05, 0) is 62.1 Å². The highest BCUT2D eigenvalue weighted by molar-refractivity contribution is 6.43. The van der Waals surface area contributed by atoms with Gasteiger partial charge in [-0.25, -0.2) is 13.8 Å². The maximum Gasteiger partial charge on any atom is 0.251 e. The first kappa shape index (κ1) is 36.4. The third-order valence-electron chi connectivity index (χ3n) is 7.45. The minimum absolute atomic E-state index is 0.0664. The lowest BCUT2D eigenvalue weighted by atomic mass is 9.93. The van der Waals surface area contributed by atoms with Crippen molar-refractivity contribution < 1.29 is 23.0 Å². The Bertz CT molecular complexity index is 1620. The highest BCUT2D eigenvalue weighted by Crippen LogP contribution is 2.48. The van der Waals surface area contributed by atoms with Crippen LogP contribution < -0.4 is 26.3 Å². The largest absolute Gasteiger partial charge is 0.495 e. The lowest BCUT2D eigenvalue weighted by Crippen LogP contribution is -2.30. The number of carbonyl (C=O) groups excluding carboxylic acids is 1. The van der Waals surface area contributed by atoms with Crippen molar-refractivity contribution in [2.45, 2.75) is 58.7 Å². The number of nitrogens with one attached hydrogen (secondary N) is 1. The molecule has 12 heteroatoms. The monoisotopic (exact) mass is 673 g/mol. The summed E-state index contributed by atoms with van der Waals surface area (Å²) in [4.78, 5) is 22.0. The summed E-state index contributed by atoms with van der Waals surface area (Å²) in [6, 6.07) is 9.68. The second kappa shape index (κ2) is 16.5. The summed E-state index contributed by atoms with van der Waals surface area (Å²) in [6.07, 6.45) is 6.25. The van der Waals surface area contributed by atoms with Gasteiger partial charge in [0, 0.05) is 52.5 Å². The lowest BCUT2D eigenvalue weighted by molar-refractivity contribution is 0.0949. The number of methoxy groups -OCH3 is 1. The van der Waals surface area contributed by atoms with E-state index in [4.69, 9.17) is 43.4 Å². The van der Waals surface area contributed by atoms with E-state index in [1.807, 2.05) is 19.9 Å². The summed E-state index contributed by atoms with van der Waals surface area (Å²) in [5.41, 5.74) is 14.2. The Morgan fingerprint density at radius 3 is 2.57 bits per heavy atom. The van der Waals surface area contributed by atoms with Gasteiger partial charge in [-0.2, -0.15) is 0 Å². The Kier molecular flexibility index (Phi) is 13.0. The summed E-state index contributed by atoms with van der Waals surface area (Å²) >= 11 is 12.6. The van der Waals surface area contributed by atoms with E-state index in [1.165, 1.54) is 32.4 Å². The van der Waals surface area contributed by atoms with Crippen molar-refractivity contribution in [3.05, 3.63) is 68.6 Å². The van der Waals surface area contributed by atoms with Crippen molar-refractivity contribution >= 4 is 41.0 Å². The molecule has 3 aromatic rings. The topological polar surface area (TPSA) is 125 Å². The summed E-state index contributed by atoms with van der Waals surface area (Å²) in [7, 11) is 1.44. The third kappa shape index (κ3) is 8.39. The van der Waals surface area contributed by atoms with Crippen LogP contribution >= 0.6 is 23.2 Å². The number of hydrogen-bond donors (Lipinski definition) is 3. The maximum atomic E-state index is 14.1. The van der Waals surface area contributed by atoms with E-state index in [2.05, 4.69) is 29.4 Å². The number of anilines is 1. The minimum atomic E-state index is -1.42. The zero-order valence-electron chi connectivity index (χ0n) is 26.5. The molecule has 2 aromatic carbocycles. The second-order valence-electron chi connectivity index (χ2n) is 10.6. The highest BCUT2D eigenvalue weighted by Gasteiger charge is 2.36. The molecule has 1 aromatic heterocycles. The Labute approximate surface area is 278 Å². The van der Waals surface area contributed by atoms with Crippen molar-refractivity contribution in [2.24, 2.45) is 16.6 Å². The summed E-state index contributed by atoms with van der Waals surface area (Å²) < 4.78 is 38.7. The molecule has 3 atom stereocenters. The van der Waals surface area contributed by atoms with Crippen LogP contribution in [0.5, 0.6) is 11.5 Å². The molecule has 246 valence electrons. The molecule has 46 heavy (non-hydrogen) atoms. The molecule has 0 saturated heterocycles. The van der Waals surface area contributed by atoms with Gasteiger partial charge in [0.05, 0.1) is 29.4 Å². The molecule has 1 aliphatic carbocycles. The fourth-order valence-corrected chi connectivity index (χ4v) is 5.43. The minimum Gasteiger partial charge on any atom is -0.495 e. The van der Waals surface area contributed by atoms with E-state index in [9.17, 15) is 13.6 Å². The molecule has 2 aliphatic rings. The van der Waals surface area contributed by atoms with Crippen molar-refractivity contribution in [3.8, 4) is 35.2 Å². The molecular weight excluding hydrogens is 635 g/mol. The molecule has 2 heterocycles. The number of aromatic nitrogens is 1. The number of benzene rings is 2. The summed E-state index contributed by atoms with van der Waals surface area (Å²) in [5, 5.41) is 2.92. The van der Waals surface area contributed by atoms with Crippen LogP contribution in [0, 0.1) is 24.2 Å². The standard InChI is InChI=1S/C30H30Cl2F2N4O3.C2H3N.C2H6/c1-14-13-41-29-20(14)10-23(38-28(29)19-6-7-22(34)26(32)25(19)31)21(16-4-5-16)12-37-30(39)17-8-18(11-36-15(2)33)27(35)24(9-17)40-3;1-2-3;1-2/h6-11,14-16,21H,4-5,12-13,35H2,1-3H3,(H,37,39);1H,3H2;1-2H3/b36-11+;;. The van der Waals surface area contributed by atoms with Crippen LogP contribution in [0.1, 0.15) is 79.6 Å². The van der Waals surface area contributed by atoms with Crippen LogP contribution in [0.4, 0.5) is 14.5 Å². The highest BCUT2D eigenvalue weighted by atomic mass is 35.5. The number of halogens is 4. The first-order chi connectivity index (χ1) is 22.0. The Hall–Kier alpha value is -4.07. The normalized spacial score (nSPS) is 16.0. The molecule has 0 radical (unpaired) electrons. The van der Waals surface area contributed by atoms with Gasteiger partial charge in [0.25, 0.3) is 5.91 Å². The fourth-order valence-electron chi connectivity index (χ4n) is 5.02. The van der Waals surface area contributed by atoms with E-state index in [1.54, 1.807) is 18.2 Å². The third-order valence-corrected chi connectivity index (χ3v) is 8.31. The fraction of sp³-hybridized carbons (Fsp3) is 0.382. The van der Waals surface area contributed by atoms with Gasteiger partial charge in [-0.15, -0.1) is 0 Å². The zero-order valence-corrected chi connectivity index (χ0v) is 28.0. The molecule has 3 unspecified atom stereocenters. The average molecular weight is 675 g/mol. The Morgan fingerprint density at radius 1 is 1.28 bits per heavy atom. The van der Waals surface area contributed by atoms with Crippen molar-refractivity contribution in [2.75, 3.05) is 26.0 Å². The zero-order chi connectivity index (χ0) is 34.1. The number of terminal acetylenes is 1. The van der Waals surface area contributed by atoms with E-state index < -0.39 is 12.1 Å². The number of ether oxygens (including phenoxy) is 2. The number of nitrogens with zero attached hydrogens (tertiary/aromatic N) is 2. The van der Waals surface area contributed by atoms with E-state index >= 15 is 0 Å². The number of nitrogens with two attached hydrogens (primary N) is 2. The molecule has 1 amide bonds. The van der Waals surface area contributed by atoms with Crippen LogP contribution in [-0.4, -0.2) is 43.7 Å². The van der Waals surface area contributed by atoms with Crippen LogP contribution in [0.2, 0.25) is 10.0 Å². The summed E-state index contributed by atoms with van der Waals surface area (Å²) in [6.45, 7) is 8.16. The van der Waals surface area contributed by atoms with Gasteiger partial charge >= 0.3 is 0 Å². The van der Waals surface area contributed by atoms with Crippen molar-refractivity contribution in [1.29, 1.82) is 0 Å². The maximum absolute atomic E-state index is 14.1. The van der Waals surface area contributed by atoms with Crippen LogP contribution in [-0.2, 0) is 0 Å². The van der Waals surface area contributed by atoms with Crippen LogP contribution in [0.15, 0.2) is 35.3 Å². The second-order valence-corrected chi connectivity index (χ2v) is 11.4. The molecule has 8 nitrogen and oxygen atoms in total. The molecule has 1 saturated carbocycles. The predicted molar refractivity (Wildman–Crippen MR) is 181 cm³/mol. The van der Waals surface area contributed by atoms with E-state index in [0.717, 1.165) is 24.1 Å². The lowest BCUT2D eigenvalue weighted by Gasteiger charge is -2.20. The quantitative estimate of drug-likeness (QED) is 0.0539. The van der Waals surface area contributed by atoms with Gasteiger partial charge in [-0.1, -0.05) is 50.4 Å². The van der Waals surface area contributed by atoms with Crippen molar-refractivity contribution in [1.82, 2.24) is 10.3 Å². The molecule has 1 aliphatic heterocycles. The molecule has 0 bridgehead atoms. The Balaban J connectivity index is 0.00000109. The number of rotatable bonds is 9. The van der Waals surface area contributed by atoms with E-state index in [0.29, 0.717) is 47.2 Å². The predicted octanol–water partition coefficient (Wildman–Crippen LogP) is 7.50. The molecule has 1 fully saturated rings. The number of pyridine rings is 1. The first-order valence-electron chi connectivity index (χ1n) is 14.9. The Morgan fingerprint density at radius 2 is 1.96 bits per heavy atom. The van der Waals surface area contributed by atoms with Crippen LogP contribution in [0.25, 0.3) is 11.3 Å². The molecular formula is C34H39Cl2F2N5O3. The van der Waals surface area contributed by atoms with Gasteiger partial charge in [0.1, 0.15) is 23.0 Å². The number of hydrogen-bond acceptors (Lipinski definition) is 7. The number of nitrogen functional groups attached to an aromatic ring is 1. The van der Waals surface area contributed by atoms with Crippen LogP contribution in [0.3, 0.4) is 0 Å². The smallest absolute Gasteiger partial charge is 0.251 e. The van der Waals surface area contributed by atoms with Crippen molar-refractivity contribution in [3.63, 3.8) is 0 Å².